The largest absolute Gasteiger partial charge is 0.461 e. The van der Waals surface area contributed by atoms with E-state index in [1.54, 1.807) is 7.05 Å². The summed E-state index contributed by atoms with van der Waals surface area (Å²) in [5, 5.41) is 7.77. The van der Waals surface area contributed by atoms with Crippen molar-refractivity contribution in [3.8, 4) is 0 Å². The molecule has 0 radical (unpaired) electrons. The molecular weight excluding hydrogens is 286 g/mol. The third-order valence-corrected chi connectivity index (χ3v) is 3.67. The number of benzene rings is 2. The van der Waals surface area contributed by atoms with Crippen molar-refractivity contribution in [2.75, 3.05) is 13.6 Å². The van der Waals surface area contributed by atoms with E-state index >= 15 is 0 Å². The highest BCUT2D eigenvalue weighted by Crippen LogP contribution is 2.18. The third kappa shape index (κ3) is 4.13. The van der Waals surface area contributed by atoms with Gasteiger partial charge in [0.2, 0.25) is 0 Å². The number of furan rings is 1. The lowest BCUT2D eigenvalue weighted by atomic mass is 10.2. The second-order valence-electron chi connectivity index (χ2n) is 5.34. The maximum absolute atomic E-state index is 5.81. The highest BCUT2D eigenvalue weighted by molar-refractivity contribution is 5.80. The van der Waals surface area contributed by atoms with Crippen LogP contribution in [0.1, 0.15) is 11.3 Å². The van der Waals surface area contributed by atoms with Crippen molar-refractivity contribution in [2.24, 2.45) is 4.99 Å². The van der Waals surface area contributed by atoms with Gasteiger partial charge in [0.1, 0.15) is 11.3 Å². The lowest BCUT2D eigenvalue weighted by Gasteiger charge is -2.11. The molecule has 118 valence electrons. The fourth-order valence-corrected chi connectivity index (χ4v) is 2.47. The van der Waals surface area contributed by atoms with Crippen molar-refractivity contribution in [2.45, 2.75) is 13.0 Å². The van der Waals surface area contributed by atoms with Crippen LogP contribution < -0.4 is 10.6 Å². The zero-order valence-corrected chi connectivity index (χ0v) is 13.3. The molecule has 0 aliphatic heterocycles. The van der Waals surface area contributed by atoms with Gasteiger partial charge in [-0.1, -0.05) is 48.5 Å². The topological polar surface area (TPSA) is 49.6 Å². The molecule has 0 fully saturated rings. The fourth-order valence-electron chi connectivity index (χ4n) is 2.47. The quantitative estimate of drug-likeness (QED) is 0.561. The molecule has 2 N–H and O–H groups in total. The summed E-state index contributed by atoms with van der Waals surface area (Å²) in [6.45, 7) is 1.53. The van der Waals surface area contributed by atoms with Gasteiger partial charge in [-0.15, -0.1) is 0 Å². The van der Waals surface area contributed by atoms with Crippen LogP contribution in [-0.2, 0) is 13.0 Å². The van der Waals surface area contributed by atoms with E-state index < -0.39 is 0 Å². The number of nitrogens with zero attached hydrogens (tertiary/aromatic N) is 1. The Kier molecular flexibility index (Phi) is 4.94. The minimum atomic E-state index is 0.755. The highest BCUT2D eigenvalue weighted by atomic mass is 16.3. The van der Waals surface area contributed by atoms with Gasteiger partial charge in [0.15, 0.2) is 5.96 Å². The average molecular weight is 307 g/mol. The number of hydrogen-bond donors (Lipinski definition) is 2. The summed E-state index contributed by atoms with van der Waals surface area (Å²) < 4.78 is 5.81. The molecule has 1 aromatic heterocycles. The standard InChI is InChI=1S/C19H21N3O/c1-20-19(22-14-15-7-3-2-4-8-15)21-12-11-17-13-16-9-5-6-10-18(16)23-17/h2-10,13H,11-12,14H2,1H3,(H2,20,21,22). The van der Waals surface area contributed by atoms with E-state index in [0.717, 1.165) is 42.2 Å². The fraction of sp³-hybridized carbons (Fsp3) is 0.211. The molecular formula is C19H21N3O. The molecule has 4 nitrogen and oxygen atoms in total. The van der Waals surface area contributed by atoms with Gasteiger partial charge < -0.3 is 15.1 Å². The van der Waals surface area contributed by atoms with E-state index in [1.807, 2.05) is 36.4 Å². The first-order valence-corrected chi connectivity index (χ1v) is 7.81. The molecule has 0 unspecified atom stereocenters. The second-order valence-corrected chi connectivity index (χ2v) is 5.34. The Labute approximate surface area is 136 Å². The summed E-state index contributed by atoms with van der Waals surface area (Å²) >= 11 is 0. The van der Waals surface area contributed by atoms with E-state index in [-0.39, 0.29) is 0 Å². The normalized spacial score (nSPS) is 11.6. The van der Waals surface area contributed by atoms with E-state index in [9.17, 15) is 0 Å². The Hall–Kier alpha value is -2.75. The minimum Gasteiger partial charge on any atom is -0.461 e. The third-order valence-electron chi connectivity index (χ3n) is 3.67. The average Bonchev–Trinajstić information content (AvgIpc) is 3.01. The van der Waals surface area contributed by atoms with Crippen LogP contribution in [0.25, 0.3) is 11.0 Å². The monoisotopic (exact) mass is 307 g/mol. The van der Waals surface area contributed by atoms with Gasteiger partial charge in [0, 0.05) is 31.9 Å². The van der Waals surface area contributed by atoms with Crippen LogP contribution >= 0.6 is 0 Å². The Morgan fingerprint density at radius 2 is 1.78 bits per heavy atom. The molecule has 0 atom stereocenters. The van der Waals surface area contributed by atoms with Crippen molar-refractivity contribution in [3.63, 3.8) is 0 Å². The Bertz CT molecular complexity index is 744. The maximum atomic E-state index is 5.81. The molecule has 0 amide bonds. The minimum absolute atomic E-state index is 0.755. The van der Waals surface area contributed by atoms with Crippen LogP contribution in [0.5, 0.6) is 0 Å². The molecule has 3 aromatic rings. The van der Waals surface area contributed by atoms with E-state index in [2.05, 4.69) is 39.9 Å². The lowest BCUT2D eigenvalue weighted by molar-refractivity contribution is 0.544. The van der Waals surface area contributed by atoms with Crippen molar-refractivity contribution in [1.29, 1.82) is 0 Å². The molecule has 4 heteroatoms. The molecule has 23 heavy (non-hydrogen) atoms. The molecule has 0 bridgehead atoms. The Morgan fingerprint density at radius 1 is 1.00 bits per heavy atom. The van der Waals surface area contributed by atoms with Crippen molar-refractivity contribution in [1.82, 2.24) is 10.6 Å². The van der Waals surface area contributed by atoms with Gasteiger partial charge in [-0.25, -0.2) is 0 Å². The Balaban J connectivity index is 1.48. The molecule has 0 aliphatic carbocycles. The zero-order valence-electron chi connectivity index (χ0n) is 13.3. The molecule has 0 saturated carbocycles. The van der Waals surface area contributed by atoms with Gasteiger partial charge in [0.05, 0.1) is 0 Å². The summed E-state index contributed by atoms with van der Waals surface area (Å²) in [6, 6.07) is 20.4. The zero-order chi connectivity index (χ0) is 15.9. The predicted molar refractivity (Wildman–Crippen MR) is 94.6 cm³/mol. The lowest BCUT2D eigenvalue weighted by Crippen LogP contribution is -2.37. The van der Waals surface area contributed by atoms with Crippen molar-refractivity contribution >= 4 is 16.9 Å². The van der Waals surface area contributed by atoms with Gasteiger partial charge in [-0.2, -0.15) is 0 Å². The number of aliphatic imine (C=N–C) groups is 1. The van der Waals surface area contributed by atoms with Gasteiger partial charge in [-0.3, -0.25) is 4.99 Å². The maximum Gasteiger partial charge on any atom is 0.191 e. The molecule has 3 rings (SSSR count). The molecule has 0 saturated heterocycles. The smallest absolute Gasteiger partial charge is 0.191 e. The predicted octanol–water partition coefficient (Wildman–Crippen LogP) is 3.34. The van der Waals surface area contributed by atoms with Crippen LogP contribution in [0.15, 0.2) is 70.1 Å². The molecule has 0 spiro atoms. The van der Waals surface area contributed by atoms with Gasteiger partial charge >= 0.3 is 0 Å². The highest BCUT2D eigenvalue weighted by Gasteiger charge is 2.03. The first-order valence-electron chi connectivity index (χ1n) is 7.81. The Morgan fingerprint density at radius 3 is 2.57 bits per heavy atom. The van der Waals surface area contributed by atoms with Crippen LogP contribution in [0.4, 0.5) is 0 Å². The SMILES string of the molecule is CN=C(NCCc1cc2ccccc2o1)NCc1ccccc1. The summed E-state index contributed by atoms with van der Waals surface area (Å²) in [5.41, 5.74) is 2.17. The summed E-state index contributed by atoms with van der Waals surface area (Å²) in [4.78, 5) is 4.24. The number of rotatable bonds is 5. The number of nitrogens with one attached hydrogen (secondary N) is 2. The van der Waals surface area contributed by atoms with Crippen LogP contribution in [0, 0.1) is 0 Å². The molecule has 2 aromatic carbocycles. The van der Waals surface area contributed by atoms with Gasteiger partial charge in [-0.05, 0) is 17.7 Å². The van der Waals surface area contributed by atoms with E-state index in [0.29, 0.717) is 0 Å². The van der Waals surface area contributed by atoms with E-state index in [1.165, 1.54) is 5.56 Å². The number of fused-ring (bicyclic) bond motifs is 1. The molecule has 0 aliphatic rings. The van der Waals surface area contributed by atoms with Crippen LogP contribution in [-0.4, -0.2) is 19.6 Å². The number of guanidine groups is 1. The summed E-state index contributed by atoms with van der Waals surface area (Å²) in [5.74, 6) is 1.78. The van der Waals surface area contributed by atoms with Crippen LogP contribution in [0.3, 0.4) is 0 Å². The van der Waals surface area contributed by atoms with E-state index in [4.69, 9.17) is 4.42 Å². The van der Waals surface area contributed by atoms with Gasteiger partial charge in [0.25, 0.3) is 0 Å². The van der Waals surface area contributed by atoms with Crippen molar-refractivity contribution in [3.05, 3.63) is 72.0 Å². The number of hydrogen-bond acceptors (Lipinski definition) is 2. The summed E-state index contributed by atoms with van der Waals surface area (Å²) in [7, 11) is 1.78. The molecule has 1 heterocycles. The first-order chi connectivity index (χ1) is 11.3. The second kappa shape index (κ2) is 7.49. The first kappa shape index (κ1) is 15.2. The number of para-hydroxylation sites is 1. The van der Waals surface area contributed by atoms with Crippen molar-refractivity contribution < 1.29 is 4.42 Å². The summed E-state index contributed by atoms with van der Waals surface area (Å²) in [6.07, 6.45) is 0.820. The van der Waals surface area contributed by atoms with Crippen LogP contribution in [0.2, 0.25) is 0 Å².